The zero-order valence-electron chi connectivity index (χ0n) is 17.7. The summed E-state index contributed by atoms with van der Waals surface area (Å²) >= 11 is 3.46. The van der Waals surface area contributed by atoms with Crippen molar-refractivity contribution < 1.29 is 13.2 Å². The molecule has 0 radical (unpaired) electrons. The van der Waals surface area contributed by atoms with Crippen LogP contribution in [0.15, 0.2) is 95.9 Å². The highest BCUT2D eigenvalue weighted by Crippen LogP contribution is 2.26. The van der Waals surface area contributed by atoms with Crippen LogP contribution < -0.4 is 10.4 Å². The second-order valence-electron chi connectivity index (χ2n) is 8.06. The third kappa shape index (κ3) is 4.91. The van der Waals surface area contributed by atoms with Gasteiger partial charge in [-0.05, 0) is 34.8 Å². The Morgan fingerprint density at radius 1 is 0.839 bits per heavy atom. The fraction of sp³-hybridized carbons (Fsp3) is 0.240. The minimum atomic E-state index is -3.84. The van der Waals surface area contributed by atoms with Gasteiger partial charge >= 0.3 is 0 Å². The molecule has 3 nitrogen and oxygen atoms in total. The largest absolute Gasteiger partial charge is 0.303 e. The molecule has 0 N–H and O–H groups in total. The average Bonchev–Trinajstić information content (AvgIpc) is 2.83. The van der Waals surface area contributed by atoms with Crippen LogP contribution in [0.25, 0.3) is 0 Å². The molecule has 0 spiro atoms. The molecule has 6 heteroatoms. The Balaban J connectivity index is 2.20. The fourth-order valence-corrected chi connectivity index (χ4v) is 10.4. The zero-order valence-corrected chi connectivity index (χ0v) is 21.1. The van der Waals surface area contributed by atoms with Crippen LogP contribution in [-0.2, 0) is 14.6 Å². The van der Waals surface area contributed by atoms with Crippen molar-refractivity contribution in [3.05, 3.63) is 91.0 Å². The van der Waals surface area contributed by atoms with Crippen molar-refractivity contribution in [1.82, 2.24) is 0 Å². The number of hydrogen-bond donors (Lipinski definition) is 0. The van der Waals surface area contributed by atoms with Crippen LogP contribution >= 0.6 is 15.9 Å². The molecule has 2 atom stereocenters. The molecule has 162 valence electrons. The van der Waals surface area contributed by atoms with Gasteiger partial charge in [-0.1, -0.05) is 108 Å². The lowest BCUT2D eigenvalue weighted by Crippen LogP contribution is -2.66. The summed E-state index contributed by atoms with van der Waals surface area (Å²) in [7, 11) is -6.86. The smallest absolute Gasteiger partial charge is 0.192 e. The number of benzene rings is 3. The standard InChI is InChI=1S/C25H27BrO3SSi/c1-20(19-26)18-24(30(28,29)21-12-6-3-7-13-21)25(27)31(2,22-14-8-4-9-15-22)23-16-10-5-11-17-23/h3-17,20,24H,18-19H2,1-2H3. The second kappa shape index (κ2) is 10.1. The Bertz CT molecular complexity index is 1060. The molecule has 0 aliphatic heterocycles. The van der Waals surface area contributed by atoms with Gasteiger partial charge in [0.15, 0.2) is 17.9 Å². The Kier molecular flexibility index (Phi) is 7.67. The van der Waals surface area contributed by atoms with Crippen LogP contribution in [0.3, 0.4) is 0 Å². The van der Waals surface area contributed by atoms with E-state index in [-0.39, 0.29) is 22.6 Å². The van der Waals surface area contributed by atoms with E-state index in [0.29, 0.717) is 5.33 Å². The number of alkyl halides is 1. The summed E-state index contributed by atoms with van der Waals surface area (Å²) in [6.07, 6.45) is 0.281. The quantitative estimate of drug-likeness (QED) is 0.316. The number of carbonyl (C=O) groups excluding carboxylic acids is 1. The van der Waals surface area contributed by atoms with E-state index >= 15 is 0 Å². The molecule has 0 heterocycles. The highest BCUT2D eigenvalue weighted by atomic mass is 79.9. The maximum atomic E-state index is 14.3. The molecule has 3 rings (SSSR count). The molecule has 0 bridgehead atoms. The highest BCUT2D eigenvalue weighted by Gasteiger charge is 2.48. The lowest BCUT2D eigenvalue weighted by atomic mass is 10.1. The lowest BCUT2D eigenvalue weighted by Gasteiger charge is -2.32. The van der Waals surface area contributed by atoms with Crippen molar-refractivity contribution in [2.45, 2.75) is 30.0 Å². The van der Waals surface area contributed by atoms with Crippen LogP contribution in [0, 0.1) is 5.92 Å². The monoisotopic (exact) mass is 514 g/mol. The molecule has 3 aromatic rings. The van der Waals surface area contributed by atoms with Crippen molar-refractivity contribution in [1.29, 1.82) is 0 Å². The summed E-state index contributed by atoms with van der Waals surface area (Å²) in [5, 5.41) is 1.22. The molecular formula is C25H27BrO3SSi. The topological polar surface area (TPSA) is 51.2 Å². The van der Waals surface area contributed by atoms with Gasteiger partial charge in [-0.25, -0.2) is 8.42 Å². The number of carbonyl (C=O) groups is 1. The van der Waals surface area contributed by atoms with E-state index in [1.807, 2.05) is 74.1 Å². The van der Waals surface area contributed by atoms with E-state index in [1.54, 1.807) is 30.3 Å². The van der Waals surface area contributed by atoms with Gasteiger partial charge in [0.05, 0.1) is 4.90 Å². The van der Waals surface area contributed by atoms with E-state index in [0.717, 1.165) is 10.4 Å². The number of sulfone groups is 1. The molecule has 0 fully saturated rings. The van der Waals surface area contributed by atoms with Crippen LogP contribution in [0.1, 0.15) is 13.3 Å². The first-order valence-corrected chi connectivity index (χ1v) is 15.5. The number of hydrogen-bond acceptors (Lipinski definition) is 3. The molecule has 0 aliphatic carbocycles. The first-order chi connectivity index (χ1) is 14.8. The molecule has 2 unspecified atom stereocenters. The minimum Gasteiger partial charge on any atom is -0.303 e. The third-order valence-corrected chi connectivity index (χ3v) is 13.5. The van der Waals surface area contributed by atoms with Crippen molar-refractivity contribution in [2.24, 2.45) is 5.92 Å². The summed E-state index contributed by atoms with van der Waals surface area (Å²) in [5.74, 6) is 0.0391. The van der Waals surface area contributed by atoms with Crippen LogP contribution in [0.4, 0.5) is 0 Å². The molecule has 0 aliphatic rings. The normalized spacial score (nSPS) is 14.0. The summed E-state index contributed by atoms with van der Waals surface area (Å²) < 4.78 is 27.4. The first kappa shape index (κ1) is 23.6. The van der Waals surface area contributed by atoms with Crippen LogP contribution in [0.2, 0.25) is 6.55 Å². The molecular weight excluding hydrogens is 488 g/mol. The van der Waals surface area contributed by atoms with Gasteiger partial charge in [0, 0.05) is 5.33 Å². The second-order valence-corrected chi connectivity index (χ2v) is 14.7. The maximum absolute atomic E-state index is 14.3. The van der Waals surface area contributed by atoms with Gasteiger partial charge in [0.2, 0.25) is 0 Å². The molecule has 0 saturated carbocycles. The first-order valence-electron chi connectivity index (χ1n) is 10.3. The van der Waals surface area contributed by atoms with E-state index in [9.17, 15) is 13.2 Å². The predicted molar refractivity (Wildman–Crippen MR) is 134 cm³/mol. The zero-order chi connectivity index (χ0) is 22.5. The molecule has 31 heavy (non-hydrogen) atoms. The average molecular weight is 516 g/mol. The summed E-state index contributed by atoms with van der Waals surface area (Å²) in [5.41, 5.74) is 0. The van der Waals surface area contributed by atoms with Gasteiger partial charge in [-0.2, -0.15) is 0 Å². The van der Waals surface area contributed by atoms with Crippen molar-refractivity contribution in [2.75, 3.05) is 5.33 Å². The Morgan fingerprint density at radius 3 is 1.68 bits per heavy atom. The van der Waals surface area contributed by atoms with E-state index in [1.165, 1.54) is 0 Å². The molecule has 0 amide bonds. The summed E-state index contributed by atoms with van der Waals surface area (Å²) in [4.78, 5) is 14.5. The minimum absolute atomic E-state index is 0.0391. The molecule has 0 saturated heterocycles. The van der Waals surface area contributed by atoms with E-state index in [4.69, 9.17) is 0 Å². The summed E-state index contributed by atoms with van der Waals surface area (Å²) in [6.45, 7) is 3.95. The van der Waals surface area contributed by atoms with Gasteiger partial charge < -0.3 is 4.79 Å². The fourth-order valence-electron chi connectivity index (χ4n) is 3.89. The Hall–Kier alpha value is -2.02. The van der Waals surface area contributed by atoms with E-state index in [2.05, 4.69) is 15.9 Å². The molecule has 0 aromatic heterocycles. The Labute approximate surface area is 194 Å². The predicted octanol–water partition coefficient (Wildman–Crippen LogP) is 4.25. The van der Waals surface area contributed by atoms with Gasteiger partial charge in [-0.3, -0.25) is 0 Å². The van der Waals surface area contributed by atoms with Crippen LogP contribution in [-0.4, -0.2) is 32.5 Å². The number of halogens is 1. The maximum Gasteiger partial charge on any atom is 0.192 e. The van der Waals surface area contributed by atoms with E-state index < -0.39 is 23.2 Å². The van der Waals surface area contributed by atoms with Gasteiger partial charge in [-0.15, -0.1) is 0 Å². The third-order valence-electron chi connectivity index (χ3n) is 5.81. The highest BCUT2D eigenvalue weighted by molar-refractivity contribution is 9.09. The SMILES string of the molecule is CC(CBr)CC(C(=O)[Si](C)(c1ccccc1)c1ccccc1)S(=O)(=O)c1ccccc1. The summed E-state index contributed by atoms with van der Waals surface area (Å²) in [6, 6.07) is 27.7. The van der Waals surface area contributed by atoms with Gasteiger partial charge in [0.25, 0.3) is 0 Å². The number of rotatable bonds is 9. The van der Waals surface area contributed by atoms with Crippen molar-refractivity contribution >= 4 is 49.6 Å². The molecule has 3 aromatic carbocycles. The van der Waals surface area contributed by atoms with Crippen molar-refractivity contribution in [3.8, 4) is 0 Å². The van der Waals surface area contributed by atoms with Gasteiger partial charge in [0.1, 0.15) is 10.7 Å². The van der Waals surface area contributed by atoms with Crippen LogP contribution in [0.5, 0.6) is 0 Å². The van der Waals surface area contributed by atoms with Crippen molar-refractivity contribution in [3.63, 3.8) is 0 Å². The Morgan fingerprint density at radius 2 is 1.26 bits per heavy atom. The lowest BCUT2D eigenvalue weighted by molar-refractivity contribution is -0.112.